The highest BCUT2D eigenvalue weighted by atomic mass is 32.1. The molecule has 0 aromatic carbocycles. The molecule has 1 amide bonds. The number of nitrogens with one attached hydrogen (secondary N) is 1. The van der Waals surface area contributed by atoms with E-state index in [-0.39, 0.29) is 11.3 Å². The van der Waals surface area contributed by atoms with Gasteiger partial charge in [-0.3, -0.25) is 4.79 Å². The molecule has 1 aliphatic carbocycles. The Balaban J connectivity index is 1.76. The predicted octanol–water partition coefficient (Wildman–Crippen LogP) is 1.28. The van der Waals surface area contributed by atoms with E-state index in [9.17, 15) is 4.79 Å². The van der Waals surface area contributed by atoms with Crippen molar-refractivity contribution in [2.45, 2.75) is 32.2 Å². The van der Waals surface area contributed by atoms with Crippen LogP contribution in [0.1, 0.15) is 30.7 Å². The van der Waals surface area contributed by atoms with Crippen molar-refractivity contribution in [1.82, 2.24) is 10.3 Å². The molecule has 1 heterocycles. The van der Waals surface area contributed by atoms with Gasteiger partial charge in [0.1, 0.15) is 5.01 Å². The summed E-state index contributed by atoms with van der Waals surface area (Å²) in [6.07, 6.45) is 5.70. The summed E-state index contributed by atoms with van der Waals surface area (Å²) in [5.41, 5.74) is 5.81. The van der Waals surface area contributed by atoms with E-state index in [4.69, 9.17) is 5.73 Å². The van der Waals surface area contributed by atoms with Crippen molar-refractivity contribution >= 4 is 17.2 Å². The minimum Gasteiger partial charge on any atom is -0.350 e. The molecular weight excluding hydrogens is 222 g/mol. The minimum absolute atomic E-state index is 0.0902. The van der Waals surface area contributed by atoms with Crippen LogP contribution in [0.25, 0.3) is 0 Å². The number of rotatable bonds is 5. The van der Waals surface area contributed by atoms with Gasteiger partial charge < -0.3 is 11.1 Å². The first-order valence-corrected chi connectivity index (χ1v) is 6.47. The van der Waals surface area contributed by atoms with Gasteiger partial charge in [0.05, 0.1) is 6.54 Å². The Labute approximate surface area is 99.3 Å². The first-order chi connectivity index (χ1) is 7.74. The number of carbonyl (C=O) groups excluding carboxylic acids is 1. The zero-order valence-corrected chi connectivity index (χ0v) is 10.1. The van der Waals surface area contributed by atoms with Crippen LogP contribution in [0, 0.1) is 5.41 Å². The van der Waals surface area contributed by atoms with Crippen LogP contribution in [0.5, 0.6) is 0 Å². The average molecular weight is 239 g/mol. The van der Waals surface area contributed by atoms with Gasteiger partial charge in [0.15, 0.2) is 0 Å². The second-order valence-electron chi connectivity index (χ2n) is 4.44. The number of nitrogens with zero attached hydrogens (tertiary/aromatic N) is 1. The third-order valence-corrected chi connectivity index (χ3v) is 4.08. The maximum Gasteiger partial charge on any atom is 0.220 e. The van der Waals surface area contributed by atoms with Crippen LogP contribution in [-0.4, -0.2) is 17.4 Å². The van der Waals surface area contributed by atoms with E-state index in [0.717, 1.165) is 17.8 Å². The third-order valence-electron chi connectivity index (χ3n) is 3.30. The minimum atomic E-state index is 0.0902. The number of amides is 1. The molecule has 1 saturated carbocycles. The smallest absolute Gasteiger partial charge is 0.220 e. The van der Waals surface area contributed by atoms with Gasteiger partial charge >= 0.3 is 0 Å². The fraction of sp³-hybridized carbons (Fsp3) is 0.636. The Morgan fingerprint density at radius 1 is 1.62 bits per heavy atom. The fourth-order valence-electron chi connectivity index (χ4n) is 2.05. The summed E-state index contributed by atoms with van der Waals surface area (Å²) in [6.45, 7) is 1.16. The van der Waals surface area contributed by atoms with E-state index >= 15 is 0 Å². The quantitative estimate of drug-likeness (QED) is 0.813. The van der Waals surface area contributed by atoms with E-state index < -0.39 is 0 Å². The second kappa shape index (κ2) is 4.93. The lowest BCUT2D eigenvalue weighted by Crippen LogP contribution is -2.41. The lowest BCUT2D eigenvalue weighted by Gasteiger charge is -2.40. The maximum absolute atomic E-state index is 11.7. The highest BCUT2D eigenvalue weighted by molar-refractivity contribution is 7.09. The molecule has 1 fully saturated rings. The monoisotopic (exact) mass is 239 g/mol. The van der Waals surface area contributed by atoms with Crippen LogP contribution in [0.4, 0.5) is 0 Å². The second-order valence-corrected chi connectivity index (χ2v) is 5.42. The van der Waals surface area contributed by atoms with E-state index in [0.29, 0.717) is 19.5 Å². The Kier molecular flexibility index (Phi) is 3.56. The summed E-state index contributed by atoms with van der Waals surface area (Å²) >= 11 is 1.56. The fourth-order valence-corrected chi connectivity index (χ4v) is 2.60. The number of nitrogens with two attached hydrogens (primary N) is 1. The Morgan fingerprint density at radius 2 is 2.44 bits per heavy atom. The van der Waals surface area contributed by atoms with Crippen molar-refractivity contribution in [2.24, 2.45) is 11.1 Å². The molecule has 2 rings (SSSR count). The molecule has 1 aromatic heterocycles. The topological polar surface area (TPSA) is 68.0 Å². The van der Waals surface area contributed by atoms with E-state index in [1.807, 2.05) is 5.38 Å². The van der Waals surface area contributed by atoms with Gasteiger partial charge in [-0.1, -0.05) is 6.42 Å². The number of hydrogen-bond acceptors (Lipinski definition) is 4. The third kappa shape index (κ3) is 2.59. The Hall–Kier alpha value is -0.940. The molecule has 0 unspecified atom stereocenters. The average Bonchev–Trinajstić information content (AvgIpc) is 2.73. The molecule has 0 radical (unpaired) electrons. The highest BCUT2D eigenvalue weighted by Gasteiger charge is 2.37. The molecule has 0 spiro atoms. The van der Waals surface area contributed by atoms with Crippen LogP contribution < -0.4 is 11.1 Å². The van der Waals surface area contributed by atoms with Crippen molar-refractivity contribution in [3.63, 3.8) is 0 Å². The molecular formula is C11H17N3OS. The van der Waals surface area contributed by atoms with E-state index in [2.05, 4.69) is 10.3 Å². The molecule has 4 nitrogen and oxygen atoms in total. The van der Waals surface area contributed by atoms with Gasteiger partial charge in [-0.25, -0.2) is 4.98 Å². The SMILES string of the molecule is NCC1(CC(=O)NCc2nccs2)CCC1. The summed E-state index contributed by atoms with van der Waals surface area (Å²) in [6, 6.07) is 0. The van der Waals surface area contributed by atoms with Crippen LogP contribution >= 0.6 is 11.3 Å². The molecule has 0 aliphatic heterocycles. The van der Waals surface area contributed by atoms with Gasteiger partial charge in [-0.2, -0.15) is 0 Å². The van der Waals surface area contributed by atoms with Crippen molar-refractivity contribution < 1.29 is 4.79 Å². The van der Waals surface area contributed by atoms with Crippen molar-refractivity contribution in [1.29, 1.82) is 0 Å². The van der Waals surface area contributed by atoms with Crippen LogP contribution in [0.3, 0.4) is 0 Å². The van der Waals surface area contributed by atoms with Crippen LogP contribution in [-0.2, 0) is 11.3 Å². The van der Waals surface area contributed by atoms with E-state index in [1.165, 1.54) is 6.42 Å². The standard InChI is InChI=1S/C11H17N3OS/c12-8-11(2-1-3-11)6-9(15)14-7-10-13-4-5-16-10/h4-5H,1-3,6-8,12H2,(H,14,15). The number of carbonyl (C=O) groups is 1. The summed E-state index contributed by atoms with van der Waals surface area (Å²) in [7, 11) is 0. The molecule has 1 aliphatic rings. The zero-order chi connectivity index (χ0) is 11.4. The van der Waals surface area contributed by atoms with Crippen molar-refractivity contribution in [3.8, 4) is 0 Å². The normalized spacial score (nSPS) is 17.8. The Morgan fingerprint density at radius 3 is 2.94 bits per heavy atom. The van der Waals surface area contributed by atoms with Gasteiger partial charge in [0, 0.05) is 18.0 Å². The first kappa shape index (κ1) is 11.5. The molecule has 5 heteroatoms. The van der Waals surface area contributed by atoms with Gasteiger partial charge in [-0.15, -0.1) is 11.3 Å². The summed E-state index contributed by atoms with van der Waals surface area (Å²) in [5.74, 6) is 0.0975. The molecule has 3 N–H and O–H groups in total. The number of hydrogen-bond donors (Lipinski definition) is 2. The van der Waals surface area contributed by atoms with Gasteiger partial charge in [-0.05, 0) is 24.8 Å². The number of thiazole rings is 1. The molecule has 88 valence electrons. The van der Waals surface area contributed by atoms with Crippen LogP contribution in [0.2, 0.25) is 0 Å². The molecule has 0 atom stereocenters. The molecule has 16 heavy (non-hydrogen) atoms. The first-order valence-electron chi connectivity index (χ1n) is 5.59. The van der Waals surface area contributed by atoms with Crippen molar-refractivity contribution in [2.75, 3.05) is 6.54 Å². The lowest BCUT2D eigenvalue weighted by molar-refractivity contribution is -0.124. The summed E-state index contributed by atoms with van der Waals surface area (Å²) in [4.78, 5) is 15.8. The Bertz CT molecular complexity index is 341. The molecule has 1 aromatic rings. The van der Waals surface area contributed by atoms with E-state index in [1.54, 1.807) is 17.5 Å². The predicted molar refractivity (Wildman–Crippen MR) is 63.9 cm³/mol. The molecule has 0 saturated heterocycles. The zero-order valence-electron chi connectivity index (χ0n) is 9.24. The lowest BCUT2D eigenvalue weighted by atomic mass is 9.66. The molecule has 0 bridgehead atoms. The summed E-state index contributed by atoms with van der Waals surface area (Å²) in [5, 5.41) is 5.76. The van der Waals surface area contributed by atoms with Crippen molar-refractivity contribution in [3.05, 3.63) is 16.6 Å². The highest BCUT2D eigenvalue weighted by Crippen LogP contribution is 2.42. The van der Waals surface area contributed by atoms with Gasteiger partial charge in [0.25, 0.3) is 0 Å². The largest absolute Gasteiger partial charge is 0.350 e. The maximum atomic E-state index is 11.7. The summed E-state index contributed by atoms with van der Waals surface area (Å²) < 4.78 is 0. The van der Waals surface area contributed by atoms with Crippen LogP contribution in [0.15, 0.2) is 11.6 Å². The van der Waals surface area contributed by atoms with Gasteiger partial charge in [0.2, 0.25) is 5.91 Å². The number of aromatic nitrogens is 1.